The van der Waals surface area contributed by atoms with Gasteiger partial charge in [-0.1, -0.05) is 41.9 Å². The molecule has 0 saturated carbocycles. The van der Waals surface area contributed by atoms with E-state index in [1.807, 2.05) is 59.5 Å². The van der Waals surface area contributed by atoms with Crippen LogP contribution >= 0.6 is 23.4 Å². The van der Waals surface area contributed by atoms with Crippen LogP contribution in [0.5, 0.6) is 11.5 Å². The van der Waals surface area contributed by atoms with Gasteiger partial charge in [-0.05, 0) is 54.1 Å². The van der Waals surface area contributed by atoms with Gasteiger partial charge in [-0.15, -0.1) is 11.8 Å². The van der Waals surface area contributed by atoms with Crippen LogP contribution in [0, 0.1) is 0 Å². The number of hydrogen-bond donors (Lipinski definition) is 0. The molecule has 1 aliphatic heterocycles. The third kappa shape index (κ3) is 3.57. The summed E-state index contributed by atoms with van der Waals surface area (Å²) in [4.78, 5) is 14.3. The summed E-state index contributed by atoms with van der Waals surface area (Å²) < 4.78 is 5.82. The van der Waals surface area contributed by atoms with Gasteiger partial charge in [0.1, 0.15) is 16.9 Å². The van der Waals surface area contributed by atoms with E-state index in [-0.39, 0.29) is 11.3 Å². The number of anilines is 1. The Bertz CT molecular complexity index is 898. The van der Waals surface area contributed by atoms with E-state index in [0.717, 1.165) is 17.0 Å². The molecule has 1 amide bonds. The topological polar surface area (TPSA) is 29.5 Å². The fourth-order valence-electron chi connectivity index (χ4n) is 2.88. The zero-order chi connectivity index (χ0) is 17.9. The number of rotatable bonds is 4. The lowest BCUT2D eigenvalue weighted by molar-refractivity contribution is -0.115. The Morgan fingerprint density at radius 2 is 1.50 bits per heavy atom. The number of nitrogens with zero attached hydrogens (tertiary/aromatic N) is 1. The SMILES string of the molecule is O=C1CS[C@H](c2ccccc2)N1c1ccc(Oc2ccc(Cl)cc2)cc1. The molecule has 0 aromatic heterocycles. The van der Waals surface area contributed by atoms with Gasteiger partial charge >= 0.3 is 0 Å². The van der Waals surface area contributed by atoms with Gasteiger partial charge in [-0.3, -0.25) is 9.69 Å². The lowest BCUT2D eigenvalue weighted by Crippen LogP contribution is -2.27. The summed E-state index contributed by atoms with van der Waals surface area (Å²) in [6.07, 6.45) is 0. The Morgan fingerprint density at radius 3 is 2.15 bits per heavy atom. The largest absolute Gasteiger partial charge is 0.457 e. The molecule has 0 N–H and O–H groups in total. The van der Waals surface area contributed by atoms with E-state index in [4.69, 9.17) is 16.3 Å². The first kappa shape index (κ1) is 17.0. The first-order valence-electron chi connectivity index (χ1n) is 8.23. The normalized spacial score (nSPS) is 16.7. The third-order valence-electron chi connectivity index (χ3n) is 4.12. The number of halogens is 1. The van der Waals surface area contributed by atoms with Crippen LogP contribution in [0.15, 0.2) is 78.9 Å². The molecule has 1 atom stereocenters. The smallest absolute Gasteiger partial charge is 0.238 e. The highest BCUT2D eigenvalue weighted by Crippen LogP contribution is 2.42. The molecule has 3 aromatic carbocycles. The van der Waals surface area contributed by atoms with Gasteiger partial charge in [-0.2, -0.15) is 0 Å². The minimum Gasteiger partial charge on any atom is -0.457 e. The standard InChI is InChI=1S/C21H16ClNO2S/c22-16-6-10-18(11-7-16)25-19-12-8-17(9-13-19)23-20(24)14-26-21(23)15-4-2-1-3-5-15/h1-13,21H,14H2/t21-/m1/s1. The van der Waals surface area contributed by atoms with Gasteiger partial charge in [0.2, 0.25) is 5.91 Å². The number of amides is 1. The number of hydrogen-bond acceptors (Lipinski definition) is 3. The molecule has 3 aromatic rings. The molecule has 1 fully saturated rings. The van der Waals surface area contributed by atoms with Crippen LogP contribution in [0.1, 0.15) is 10.9 Å². The first-order chi connectivity index (χ1) is 12.7. The van der Waals surface area contributed by atoms with Crippen molar-refractivity contribution in [1.29, 1.82) is 0 Å². The number of carbonyl (C=O) groups is 1. The number of ether oxygens (including phenoxy) is 1. The maximum Gasteiger partial charge on any atom is 0.238 e. The van der Waals surface area contributed by atoms with Crippen LogP contribution in [-0.2, 0) is 4.79 Å². The Hall–Kier alpha value is -2.43. The van der Waals surface area contributed by atoms with Gasteiger partial charge in [0.15, 0.2) is 0 Å². The Kier molecular flexibility index (Phi) is 4.87. The van der Waals surface area contributed by atoms with Crippen molar-refractivity contribution in [2.24, 2.45) is 0 Å². The second-order valence-electron chi connectivity index (χ2n) is 5.89. The number of thioether (sulfide) groups is 1. The van der Waals surface area contributed by atoms with E-state index in [2.05, 4.69) is 12.1 Å². The molecule has 1 saturated heterocycles. The molecular formula is C21H16ClNO2S. The second kappa shape index (κ2) is 7.44. The van der Waals surface area contributed by atoms with Crippen molar-refractivity contribution in [2.75, 3.05) is 10.7 Å². The summed E-state index contributed by atoms with van der Waals surface area (Å²) in [6, 6.07) is 24.9. The fraction of sp³-hybridized carbons (Fsp3) is 0.0952. The van der Waals surface area contributed by atoms with Crippen LogP contribution in [-0.4, -0.2) is 11.7 Å². The predicted octanol–water partition coefficient (Wildman–Crippen LogP) is 5.91. The average Bonchev–Trinajstić information content (AvgIpc) is 3.06. The maximum absolute atomic E-state index is 12.4. The van der Waals surface area contributed by atoms with Crippen molar-refractivity contribution in [1.82, 2.24) is 0 Å². The van der Waals surface area contributed by atoms with Crippen molar-refractivity contribution in [3.05, 3.63) is 89.4 Å². The summed E-state index contributed by atoms with van der Waals surface area (Å²) in [6.45, 7) is 0. The summed E-state index contributed by atoms with van der Waals surface area (Å²) in [7, 11) is 0. The van der Waals surface area contributed by atoms with E-state index < -0.39 is 0 Å². The Morgan fingerprint density at radius 1 is 0.885 bits per heavy atom. The van der Waals surface area contributed by atoms with E-state index in [1.165, 1.54) is 0 Å². The van der Waals surface area contributed by atoms with Crippen LogP contribution in [0.3, 0.4) is 0 Å². The van der Waals surface area contributed by atoms with Gasteiger partial charge in [0.25, 0.3) is 0 Å². The highest BCUT2D eigenvalue weighted by molar-refractivity contribution is 8.00. The first-order valence-corrected chi connectivity index (χ1v) is 9.65. The van der Waals surface area contributed by atoms with Gasteiger partial charge in [0.05, 0.1) is 5.75 Å². The molecule has 5 heteroatoms. The Labute approximate surface area is 161 Å². The van der Waals surface area contributed by atoms with Gasteiger partial charge in [-0.25, -0.2) is 0 Å². The third-order valence-corrected chi connectivity index (χ3v) is 5.58. The second-order valence-corrected chi connectivity index (χ2v) is 7.39. The summed E-state index contributed by atoms with van der Waals surface area (Å²) in [5.74, 6) is 2.04. The molecule has 0 aliphatic carbocycles. The van der Waals surface area contributed by atoms with E-state index in [1.54, 1.807) is 23.9 Å². The van der Waals surface area contributed by atoms with Crippen molar-refractivity contribution < 1.29 is 9.53 Å². The Balaban J connectivity index is 1.55. The molecule has 26 heavy (non-hydrogen) atoms. The highest BCUT2D eigenvalue weighted by atomic mass is 35.5. The number of carbonyl (C=O) groups excluding carboxylic acids is 1. The van der Waals surface area contributed by atoms with Crippen molar-refractivity contribution in [2.45, 2.75) is 5.37 Å². The van der Waals surface area contributed by atoms with E-state index >= 15 is 0 Å². The van der Waals surface area contributed by atoms with Crippen LogP contribution in [0.25, 0.3) is 0 Å². The van der Waals surface area contributed by atoms with Crippen molar-refractivity contribution >= 4 is 35.0 Å². The van der Waals surface area contributed by atoms with Gasteiger partial charge in [0, 0.05) is 10.7 Å². The fourth-order valence-corrected chi connectivity index (χ4v) is 4.18. The molecule has 0 radical (unpaired) electrons. The lowest BCUT2D eigenvalue weighted by atomic mass is 10.2. The van der Waals surface area contributed by atoms with Crippen LogP contribution in [0.2, 0.25) is 5.02 Å². The molecule has 1 aliphatic rings. The molecule has 130 valence electrons. The average molecular weight is 382 g/mol. The molecule has 1 heterocycles. The summed E-state index contributed by atoms with van der Waals surface area (Å²) in [5, 5.41) is 0.677. The maximum atomic E-state index is 12.4. The van der Waals surface area contributed by atoms with Crippen molar-refractivity contribution in [3.63, 3.8) is 0 Å². The van der Waals surface area contributed by atoms with E-state index in [0.29, 0.717) is 16.5 Å². The minimum absolute atomic E-state index is 0.00623. The molecule has 4 rings (SSSR count). The summed E-state index contributed by atoms with van der Waals surface area (Å²) in [5.41, 5.74) is 2.00. The highest BCUT2D eigenvalue weighted by Gasteiger charge is 2.33. The number of benzene rings is 3. The lowest BCUT2D eigenvalue weighted by Gasteiger charge is -2.24. The molecule has 0 spiro atoms. The zero-order valence-corrected chi connectivity index (χ0v) is 15.4. The molecule has 0 unspecified atom stereocenters. The minimum atomic E-state index is 0.00623. The molecular weight excluding hydrogens is 366 g/mol. The predicted molar refractivity (Wildman–Crippen MR) is 107 cm³/mol. The van der Waals surface area contributed by atoms with Gasteiger partial charge < -0.3 is 4.74 Å². The molecule has 3 nitrogen and oxygen atoms in total. The summed E-state index contributed by atoms with van der Waals surface area (Å²) >= 11 is 7.54. The quantitative estimate of drug-likeness (QED) is 0.562. The van der Waals surface area contributed by atoms with Crippen LogP contribution < -0.4 is 9.64 Å². The van der Waals surface area contributed by atoms with E-state index in [9.17, 15) is 4.79 Å². The van der Waals surface area contributed by atoms with Crippen LogP contribution in [0.4, 0.5) is 5.69 Å². The molecule has 0 bridgehead atoms. The van der Waals surface area contributed by atoms with Crippen molar-refractivity contribution in [3.8, 4) is 11.5 Å². The monoisotopic (exact) mass is 381 g/mol. The zero-order valence-electron chi connectivity index (χ0n) is 13.8.